The van der Waals surface area contributed by atoms with Crippen LogP contribution in [0.5, 0.6) is 11.5 Å². The summed E-state index contributed by atoms with van der Waals surface area (Å²) in [7, 11) is 0. The molecule has 1 aliphatic rings. The van der Waals surface area contributed by atoms with Crippen LogP contribution in [0.25, 0.3) is 66.3 Å². The average Bonchev–Trinajstić information content (AvgIpc) is 3.68. The molecule has 0 spiro atoms. The Balaban J connectivity index is 0.00000281. The van der Waals surface area contributed by atoms with Gasteiger partial charge in [-0.25, -0.2) is 4.98 Å². The van der Waals surface area contributed by atoms with Gasteiger partial charge in [0.05, 0.1) is 27.9 Å². The third-order valence-electron chi connectivity index (χ3n) is 8.66. The van der Waals surface area contributed by atoms with E-state index in [0.717, 1.165) is 61.9 Å². The van der Waals surface area contributed by atoms with Gasteiger partial charge in [0.1, 0.15) is 5.65 Å². The molecule has 0 N–H and O–H groups in total. The number of hydrogen-bond acceptors (Lipinski definition) is 4. The minimum Gasteiger partial charge on any atom is -0.503 e. The fourth-order valence-corrected chi connectivity index (χ4v) is 6.74. The van der Waals surface area contributed by atoms with Crippen molar-refractivity contribution >= 4 is 49.4 Å². The van der Waals surface area contributed by atoms with Gasteiger partial charge in [0.15, 0.2) is 0 Å². The maximum absolute atomic E-state index is 6.48. The van der Waals surface area contributed by atoms with Crippen molar-refractivity contribution in [2.24, 2.45) is 0 Å². The van der Waals surface area contributed by atoms with Gasteiger partial charge >= 0.3 is 21.1 Å². The predicted octanol–water partition coefficient (Wildman–Crippen LogP) is 8.49. The molecule has 0 atom stereocenters. The second kappa shape index (κ2) is 9.85. The molecule has 6 nitrogen and oxygen atoms in total. The largest absolute Gasteiger partial charge is 2.00 e. The molecule has 4 aromatic carbocycles. The normalized spacial score (nSPS) is 12.2. The summed E-state index contributed by atoms with van der Waals surface area (Å²) in [4.78, 5) is 14.6. The van der Waals surface area contributed by atoms with E-state index >= 15 is 0 Å². The third-order valence-corrected chi connectivity index (χ3v) is 8.66. The summed E-state index contributed by atoms with van der Waals surface area (Å²) in [6.45, 7) is 0. The Bertz CT molecular complexity index is 2620. The van der Waals surface area contributed by atoms with E-state index < -0.39 is 0 Å². The second-order valence-electron chi connectivity index (χ2n) is 11.2. The van der Waals surface area contributed by atoms with Crippen molar-refractivity contribution in [3.8, 4) is 28.4 Å². The Morgan fingerprint density at radius 2 is 1.49 bits per heavy atom. The molecule has 5 aromatic heterocycles. The van der Waals surface area contributed by atoms with Crippen LogP contribution in [-0.4, -0.2) is 23.9 Å². The quantitative estimate of drug-likeness (QED) is 0.134. The molecule has 1 aliphatic heterocycles. The molecule has 0 aliphatic carbocycles. The summed E-state index contributed by atoms with van der Waals surface area (Å²) in [5.41, 5.74) is 10.2. The van der Waals surface area contributed by atoms with E-state index in [2.05, 4.69) is 81.9 Å². The molecule has 9 aromatic rings. The first-order valence-electron chi connectivity index (χ1n) is 14.6. The summed E-state index contributed by atoms with van der Waals surface area (Å²) in [6.07, 6.45) is 6.58. The Morgan fingerprint density at radius 3 is 2.42 bits per heavy atom. The summed E-state index contributed by atoms with van der Waals surface area (Å²) < 4.78 is 10.8. The molecule has 0 saturated heterocycles. The SMILES string of the molecule is [Pt+2].[c-]1c(Oc2[c-]c3c(cc2)c2ncccc2n2cc(-c4ccccc4)nc32)ccc2c1-n1c3ncccc3c3cccc(c31)C2. The molecule has 0 bridgehead atoms. The summed E-state index contributed by atoms with van der Waals surface area (Å²) >= 11 is 0. The van der Waals surface area contributed by atoms with Crippen molar-refractivity contribution in [3.05, 3.63) is 139 Å². The van der Waals surface area contributed by atoms with Gasteiger partial charge in [0.2, 0.25) is 0 Å². The zero-order valence-electron chi connectivity index (χ0n) is 23.6. The number of rotatable bonds is 3. The van der Waals surface area contributed by atoms with E-state index in [-0.39, 0.29) is 21.1 Å². The molecular weight excluding hydrogens is 738 g/mol. The first-order valence-corrected chi connectivity index (χ1v) is 14.6. The van der Waals surface area contributed by atoms with Crippen LogP contribution in [-0.2, 0) is 27.5 Å². The molecule has 214 valence electrons. The standard InChI is InChI=1S/C38H21N5O.Pt/c1-2-7-23(8-3-1)32-22-42-33-12-6-17-39-35(33)28-16-15-26(20-31(28)38(42)41-32)44-27-14-13-24-19-25-9-4-10-29-30-11-5-18-40-37(30)43(36(25)29)34(24)21-27;/h1-18,22H,19H2;/q-2;+2. The van der Waals surface area contributed by atoms with E-state index in [0.29, 0.717) is 11.5 Å². The molecule has 0 amide bonds. The number of para-hydroxylation sites is 1. The Hall–Kier alpha value is -5.32. The van der Waals surface area contributed by atoms with Crippen molar-refractivity contribution in [3.63, 3.8) is 0 Å². The van der Waals surface area contributed by atoms with Crippen molar-refractivity contribution in [1.29, 1.82) is 0 Å². The van der Waals surface area contributed by atoms with Crippen LogP contribution < -0.4 is 4.74 Å². The Labute approximate surface area is 271 Å². The van der Waals surface area contributed by atoms with E-state index in [1.165, 1.54) is 22.0 Å². The summed E-state index contributed by atoms with van der Waals surface area (Å²) in [5, 5.41) is 4.17. The molecule has 0 saturated carbocycles. The average molecular weight is 759 g/mol. The molecule has 0 unspecified atom stereocenters. The van der Waals surface area contributed by atoms with E-state index in [4.69, 9.17) is 19.7 Å². The maximum Gasteiger partial charge on any atom is 2.00 e. The fourth-order valence-electron chi connectivity index (χ4n) is 6.74. The fraction of sp³-hybridized carbons (Fsp3) is 0.0263. The van der Waals surface area contributed by atoms with Crippen LogP contribution in [0.1, 0.15) is 11.1 Å². The first kappa shape index (κ1) is 26.1. The van der Waals surface area contributed by atoms with Gasteiger partial charge in [-0.1, -0.05) is 77.1 Å². The molecule has 0 fully saturated rings. The number of imidazole rings is 1. The van der Waals surface area contributed by atoms with Gasteiger partial charge < -0.3 is 13.7 Å². The van der Waals surface area contributed by atoms with Crippen LogP contribution in [0.2, 0.25) is 0 Å². The first-order chi connectivity index (χ1) is 21.8. The van der Waals surface area contributed by atoms with Gasteiger partial charge in [-0.15, -0.1) is 23.8 Å². The third kappa shape index (κ3) is 3.82. The van der Waals surface area contributed by atoms with Crippen molar-refractivity contribution in [2.45, 2.75) is 6.42 Å². The van der Waals surface area contributed by atoms with Gasteiger partial charge in [-0.3, -0.25) is 9.97 Å². The van der Waals surface area contributed by atoms with Crippen LogP contribution in [0.4, 0.5) is 0 Å². The minimum atomic E-state index is 0. The number of nitrogens with zero attached hydrogens (tertiary/aromatic N) is 5. The number of benzene rings is 4. The Kier molecular flexibility index (Phi) is 5.71. The maximum atomic E-state index is 6.48. The van der Waals surface area contributed by atoms with Gasteiger partial charge in [-0.2, -0.15) is 6.07 Å². The predicted molar refractivity (Wildman–Crippen MR) is 173 cm³/mol. The molecule has 10 rings (SSSR count). The van der Waals surface area contributed by atoms with E-state index in [1.54, 1.807) is 0 Å². The van der Waals surface area contributed by atoms with Crippen molar-refractivity contribution in [2.75, 3.05) is 0 Å². The van der Waals surface area contributed by atoms with Gasteiger partial charge in [0.25, 0.3) is 0 Å². The van der Waals surface area contributed by atoms with E-state index in [1.807, 2.05) is 54.9 Å². The zero-order valence-corrected chi connectivity index (χ0v) is 25.9. The number of aromatic nitrogens is 5. The van der Waals surface area contributed by atoms with E-state index in [9.17, 15) is 0 Å². The second-order valence-corrected chi connectivity index (χ2v) is 11.2. The minimum absolute atomic E-state index is 0. The monoisotopic (exact) mass is 758 g/mol. The van der Waals surface area contributed by atoms with Crippen LogP contribution in [0.15, 0.2) is 116 Å². The number of hydrogen-bond donors (Lipinski definition) is 0. The molecule has 6 heterocycles. The van der Waals surface area contributed by atoms with Gasteiger partial charge in [0, 0.05) is 46.4 Å². The van der Waals surface area contributed by atoms with Crippen LogP contribution >= 0.6 is 0 Å². The van der Waals surface area contributed by atoms with Crippen molar-refractivity contribution in [1.82, 2.24) is 23.9 Å². The zero-order chi connectivity index (χ0) is 28.8. The number of fused-ring (bicyclic) bond motifs is 11. The van der Waals surface area contributed by atoms with Crippen molar-refractivity contribution < 1.29 is 25.8 Å². The summed E-state index contributed by atoms with van der Waals surface area (Å²) in [6, 6.07) is 40.1. The summed E-state index contributed by atoms with van der Waals surface area (Å²) in [5.74, 6) is 1.21. The van der Waals surface area contributed by atoms with Gasteiger partial charge in [-0.05, 0) is 36.2 Å². The molecule has 45 heavy (non-hydrogen) atoms. The number of ether oxygens (including phenoxy) is 1. The Morgan fingerprint density at radius 1 is 0.667 bits per heavy atom. The number of pyridine rings is 3. The van der Waals surface area contributed by atoms with Crippen LogP contribution in [0, 0.1) is 12.1 Å². The van der Waals surface area contributed by atoms with Crippen LogP contribution in [0.3, 0.4) is 0 Å². The molecule has 7 heteroatoms. The topological polar surface area (TPSA) is 57.2 Å². The molecule has 0 radical (unpaired) electrons. The smallest absolute Gasteiger partial charge is 0.503 e. The molecular formula is C38H21N5OPt.